The minimum atomic E-state index is -4.38. The van der Waals surface area contributed by atoms with Crippen LogP contribution in [0.4, 0.5) is 13.2 Å². The number of hydrogen-bond acceptors (Lipinski definition) is 3. The van der Waals surface area contributed by atoms with Crippen LogP contribution in [0.25, 0.3) is 0 Å². The van der Waals surface area contributed by atoms with Gasteiger partial charge in [-0.15, -0.1) is 0 Å². The zero-order valence-electron chi connectivity index (χ0n) is 12.2. The first-order chi connectivity index (χ1) is 10.2. The third kappa shape index (κ3) is 6.96. The van der Waals surface area contributed by atoms with Crippen molar-refractivity contribution in [3.8, 4) is 5.75 Å². The van der Waals surface area contributed by atoms with Gasteiger partial charge in [0.15, 0.2) is 6.61 Å². The molecule has 0 aromatic heterocycles. The van der Waals surface area contributed by atoms with Crippen molar-refractivity contribution in [3.05, 3.63) is 29.8 Å². The molecule has 0 fully saturated rings. The van der Waals surface area contributed by atoms with Gasteiger partial charge in [-0.2, -0.15) is 13.2 Å². The zero-order chi connectivity index (χ0) is 16.8. The molecule has 0 aliphatic carbocycles. The maximum absolute atomic E-state index is 12.0. The van der Waals surface area contributed by atoms with Gasteiger partial charge in [0.25, 0.3) is 0 Å². The van der Waals surface area contributed by atoms with Gasteiger partial charge in [0.1, 0.15) is 11.8 Å². The predicted octanol–water partition coefficient (Wildman–Crippen LogP) is 1.77. The minimum Gasteiger partial charge on any atom is -0.484 e. The summed E-state index contributed by atoms with van der Waals surface area (Å²) in [6.07, 6.45) is -4.38. The number of halogens is 3. The van der Waals surface area contributed by atoms with Gasteiger partial charge in [0.2, 0.25) is 11.8 Å². The van der Waals surface area contributed by atoms with Crippen LogP contribution in [-0.2, 0) is 16.1 Å². The average molecular weight is 318 g/mol. The smallest absolute Gasteiger partial charge is 0.422 e. The molecule has 0 radical (unpaired) electrons. The molecule has 0 aliphatic heterocycles. The van der Waals surface area contributed by atoms with Gasteiger partial charge < -0.3 is 15.4 Å². The lowest BCUT2D eigenvalue weighted by atomic mass is 10.2. The Bertz CT molecular complexity index is 515. The summed E-state index contributed by atoms with van der Waals surface area (Å²) in [6.45, 7) is 1.70. The molecule has 0 unspecified atom stereocenters. The number of rotatable bonds is 6. The molecule has 0 spiro atoms. The maximum atomic E-state index is 12.0. The second-order valence-electron chi connectivity index (χ2n) is 4.69. The lowest BCUT2D eigenvalue weighted by molar-refractivity contribution is -0.153. The molecular weight excluding hydrogens is 301 g/mol. The summed E-state index contributed by atoms with van der Waals surface area (Å²) < 4.78 is 40.6. The highest BCUT2D eigenvalue weighted by atomic mass is 19.4. The quantitative estimate of drug-likeness (QED) is 0.840. The summed E-state index contributed by atoms with van der Waals surface area (Å²) in [5.74, 6) is -0.569. The number of ether oxygens (including phenoxy) is 1. The van der Waals surface area contributed by atoms with E-state index in [0.717, 1.165) is 0 Å². The number of carbonyl (C=O) groups excluding carboxylic acids is 2. The molecule has 2 N–H and O–H groups in total. The largest absolute Gasteiger partial charge is 0.484 e. The molecule has 2 amide bonds. The molecule has 0 bridgehead atoms. The molecule has 1 rings (SSSR count). The second kappa shape index (κ2) is 7.67. The first kappa shape index (κ1) is 17.8. The normalized spacial score (nSPS) is 12.4. The summed E-state index contributed by atoms with van der Waals surface area (Å²) in [4.78, 5) is 22.5. The van der Waals surface area contributed by atoms with Gasteiger partial charge in [-0.25, -0.2) is 0 Å². The molecule has 1 aromatic rings. The fourth-order valence-corrected chi connectivity index (χ4v) is 1.58. The molecule has 0 saturated heterocycles. The van der Waals surface area contributed by atoms with Gasteiger partial charge in [-0.1, -0.05) is 12.1 Å². The molecule has 22 heavy (non-hydrogen) atoms. The SMILES string of the molecule is CC(=O)N[C@@H](C)C(=O)NCc1ccc(OCC(F)(F)F)cc1. The molecule has 0 saturated carbocycles. The molecular formula is C14H17F3N2O3. The van der Waals surface area contributed by atoms with Crippen LogP contribution in [0.1, 0.15) is 19.4 Å². The van der Waals surface area contributed by atoms with Crippen LogP contribution in [0.5, 0.6) is 5.75 Å². The van der Waals surface area contributed by atoms with Crippen molar-refractivity contribution in [1.29, 1.82) is 0 Å². The summed E-state index contributed by atoms with van der Waals surface area (Å²) in [5.41, 5.74) is 0.697. The molecule has 5 nitrogen and oxygen atoms in total. The van der Waals surface area contributed by atoms with Crippen molar-refractivity contribution < 1.29 is 27.5 Å². The highest BCUT2D eigenvalue weighted by Gasteiger charge is 2.28. The van der Waals surface area contributed by atoms with Crippen LogP contribution in [0, 0.1) is 0 Å². The number of alkyl halides is 3. The Balaban J connectivity index is 2.44. The van der Waals surface area contributed by atoms with Gasteiger partial charge in [0, 0.05) is 13.5 Å². The van der Waals surface area contributed by atoms with Gasteiger partial charge in [0.05, 0.1) is 0 Å². The molecule has 1 aromatic carbocycles. The van der Waals surface area contributed by atoms with E-state index in [1.54, 1.807) is 19.1 Å². The Labute approximate surface area is 125 Å². The standard InChI is InChI=1S/C14H17F3N2O3/c1-9(19-10(2)20)13(21)18-7-11-3-5-12(6-4-11)22-8-14(15,16)17/h3-6,9H,7-8H2,1-2H3,(H,18,21)(H,19,20)/t9-/m0/s1. The van der Waals surface area contributed by atoms with Crippen molar-refractivity contribution in [2.24, 2.45) is 0 Å². The molecule has 122 valence electrons. The van der Waals surface area contributed by atoms with Gasteiger partial charge in [-0.05, 0) is 24.6 Å². The molecule has 8 heteroatoms. The first-order valence-electron chi connectivity index (χ1n) is 6.50. The van der Waals surface area contributed by atoms with Gasteiger partial charge in [-0.3, -0.25) is 9.59 Å². The van der Waals surface area contributed by atoms with E-state index in [-0.39, 0.29) is 24.1 Å². The lowest BCUT2D eigenvalue weighted by Crippen LogP contribution is -2.43. The van der Waals surface area contributed by atoms with E-state index in [9.17, 15) is 22.8 Å². The fourth-order valence-electron chi connectivity index (χ4n) is 1.58. The highest BCUT2D eigenvalue weighted by molar-refractivity contribution is 5.86. The fraction of sp³-hybridized carbons (Fsp3) is 0.429. The van der Waals surface area contributed by atoms with Crippen LogP contribution >= 0.6 is 0 Å². The van der Waals surface area contributed by atoms with Crippen molar-refractivity contribution in [1.82, 2.24) is 10.6 Å². The minimum absolute atomic E-state index is 0.0963. The lowest BCUT2D eigenvalue weighted by Gasteiger charge is -2.13. The van der Waals surface area contributed by atoms with Crippen molar-refractivity contribution in [2.75, 3.05) is 6.61 Å². The number of amides is 2. The Kier molecular flexibility index (Phi) is 6.21. The number of hydrogen-bond donors (Lipinski definition) is 2. The maximum Gasteiger partial charge on any atom is 0.422 e. The van der Waals surface area contributed by atoms with E-state index in [1.807, 2.05) is 0 Å². The monoisotopic (exact) mass is 318 g/mol. The Morgan fingerprint density at radius 3 is 2.32 bits per heavy atom. The van der Waals surface area contributed by atoms with Crippen LogP contribution in [0.2, 0.25) is 0 Å². The Morgan fingerprint density at radius 1 is 1.23 bits per heavy atom. The molecule has 0 aliphatic rings. The molecule has 1 atom stereocenters. The summed E-state index contributed by atoms with van der Waals surface area (Å²) in [5, 5.41) is 5.05. The number of carbonyl (C=O) groups is 2. The van der Waals surface area contributed by atoms with Crippen LogP contribution in [0.3, 0.4) is 0 Å². The average Bonchev–Trinajstić information content (AvgIpc) is 2.42. The summed E-state index contributed by atoms with van der Waals surface area (Å²) in [7, 11) is 0. The third-order valence-corrected chi connectivity index (χ3v) is 2.61. The number of benzene rings is 1. The van der Waals surface area contributed by atoms with Crippen LogP contribution in [0.15, 0.2) is 24.3 Å². The van der Waals surface area contributed by atoms with Crippen molar-refractivity contribution in [3.63, 3.8) is 0 Å². The van der Waals surface area contributed by atoms with E-state index < -0.39 is 18.8 Å². The number of nitrogens with one attached hydrogen (secondary N) is 2. The van der Waals surface area contributed by atoms with Crippen LogP contribution in [-0.4, -0.2) is 30.6 Å². The van der Waals surface area contributed by atoms with E-state index in [1.165, 1.54) is 19.1 Å². The Morgan fingerprint density at radius 2 is 1.82 bits per heavy atom. The van der Waals surface area contributed by atoms with Crippen molar-refractivity contribution >= 4 is 11.8 Å². The summed E-state index contributed by atoms with van der Waals surface area (Å²) >= 11 is 0. The van der Waals surface area contributed by atoms with E-state index in [4.69, 9.17) is 0 Å². The Hall–Kier alpha value is -2.25. The first-order valence-corrected chi connectivity index (χ1v) is 6.50. The highest BCUT2D eigenvalue weighted by Crippen LogP contribution is 2.18. The van der Waals surface area contributed by atoms with Gasteiger partial charge >= 0.3 is 6.18 Å². The van der Waals surface area contributed by atoms with Crippen molar-refractivity contribution in [2.45, 2.75) is 32.6 Å². The van der Waals surface area contributed by atoms with E-state index in [2.05, 4.69) is 15.4 Å². The molecule has 0 heterocycles. The van der Waals surface area contributed by atoms with E-state index >= 15 is 0 Å². The van der Waals surface area contributed by atoms with E-state index in [0.29, 0.717) is 5.56 Å². The third-order valence-electron chi connectivity index (χ3n) is 2.61. The topological polar surface area (TPSA) is 67.4 Å². The summed E-state index contributed by atoms with van der Waals surface area (Å²) in [6, 6.07) is 5.23. The predicted molar refractivity (Wildman–Crippen MR) is 73.1 cm³/mol. The zero-order valence-corrected chi connectivity index (χ0v) is 12.2. The second-order valence-corrected chi connectivity index (χ2v) is 4.69. The van der Waals surface area contributed by atoms with Crippen LogP contribution < -0.4 is 15.4 Å².